The minimum Gasteiger partial charge on any atom is -0.126 e. The molecule has 0 aromatic carbocycles. The Labute approximate surface area is 102 Å². The maximum Gasteiger partial charge on any atom is 0.344 e. The van der Waals surface area contributed by atoms with Gasteiger partial charge in [-0.2, -0.15) is 0 Å². The first kappa shape index (κ1) is 13.2. The highest BCUT2D eigenvalue weighted by Gasteiger charge is 2.48. The van der Waals surface area contributed by atoms with Crippen molar-refractivity contribution in [2.24, 2.45) is 11.8 Å². The quantitative estimate of drug-likeness (QED) is 0.485. The zero-order valence-corrected chi connectivity index (χ0v) is 12.2. The van der Waals surface area contributed by atoms with Crippen LogP contribution in [0.3, 0.4) is 0 Å². The Kier molecular flexibility index (Phi) is 5.10. The minimum atomic E-state index is -2.49. The number of hydrogen-bond donors (Lipinski definition) is 0. The van der Waals surface area contributed by atoms with Gasteiger partial charge in [0.25, 0.3) is 0 Å². The molecule has 84 valence electrons. The van der Waals surface area contributed by atoms with Crippen molar-refractivity contribution in [2.75, 3.05) is 0 Å². The predicted molar refractivity (Wildman–Crippen MR) is 68.5 cm³/mol. The number of halogens is 3. The normalized spacial score (nSPS) is 33.6. The Morgan fingerprint density at radius 2 is 1.64 bits per heavy atom. The fourth-order valence-corrected chi connectivity index (χ4v) is 7.87. The lowest BCUT2D eigenvalue weighted by molar-refractivity contribution is 0.449. The molecule has 4 heteroatoms. The molecule has 0 saturated heterocycles. The van der Waals surface area contributed by atoms with Crippen molar-refractivity contribution in [1.82, 2.24) is 0 Å². The van der Waals surface area contributed by atoms with E-state index in [2.05, 4.69) is 13.8 Å². The fourth-order valence-electron chi connectivity index (χ4n) is 2.86. The minimum absolute atomic E-state index is 0.414. The van der Waals surface area contributed by atoms with Gasteiger partial charge in [-0.05, 0) is 11.8 Å². The fraction of sp³-hybridized carbons (Fsp3) is 1.00. The lowest BCUT2D eigenvalue weighted by Crippen LogP contribution is -2.27. The summed E-state index contributed by atoms with van der Waals surface area (Å²) in [6, 6.07) is -2.49. The summed E-state index contributed by atoms with van der Waals surface area (Å²) in [5.74, 6) is 1.36. The number of rotatable bonds is 4. The van der Waals surface area contributed by atoms with Crippen LogP contribution in [0.5, 0.6) is 0 Å². The molecule has 0 N–H and O–H groups in total. The first-order valence-corrected chi connectivity index (χ1v) is 10.7. The average Bonchev–Trinajstić information content (AvgIpc) is 2.47. The van der Waals surface area contributed by atoms with Crippen LogP contribution in [-0.2, 0) is 0 Å². The molecule has 0 amide bonds. The van der Waals surface area contributed by atoms with Crippen molar-refractivity contribution in [3.8, 4) is 0 Å². The van der Waals surface area contributed by atoms with Crippen LogP contribution >= 0.6 is 33.2 Å². The van der Waals surface area contributed by atoms with Crippen LogP contribution in [0.2, 0.25) is 5.54 Å². The maximum absolute atomic E-state index is 6.21. The smallest absolute Gasteiger partial charge is 0.126 e. The highest BCUT2D eigenvalue weighted by molar-refractivity contribution is 7.65. The molecule has 1 saturated carbocycles. The molecule has 0 nitrogen and oxygen atoms in total. The largest absolute Gasteiger partial charge is 0.344 e. The van der Waals surface area contributed by atoms with E-state index < -0.39 is 6.00 Å². The molecule has 14 heavy (non-hydrogen) atoms. The summed E-state index contributed by atoms with van der Waals surface area (Å²) in [7, 11) is 0. The van der Waals surface area contributed by atoms with Gasteiger partial charge in [0.15, 0.2) is 0 Å². The van der Waals surface area contributed by atoms with Crippen molar-refractivity contribution in [3.63, 3.8) is 0 Å². The molecule has 1 rings (SSSR count). The third kappa shape index (κ3) is 3.04. The lowest BCUT2D eigenvalue weighted by atomic mass is 9.98. The van der Waals surface area contributed by atoms with Crippen molar-refractivity contribution < 1.29 is 0 Å². The molecule has 1 fully saturated rings. The highest BCUT2D eigenvalue weighted by atomic mass is 35.8. The van der Waals surface area contributed by atoms with Gasteiger partial charge in [0.2, 0.25) is 0 Å². The summed E-state index contributed by atoms with van der Waals surface area (Å²) in [6.07, 6.45) is 6.17. The molecule has 0 aliphatic heterocycles. The van der Waals surface area contributed by atoms with Crippen LogP contribution in [0.4, 0.5) is 0 Å². The third-order valence-corrected chi connectivity index (χ3v) is 7.45. The Morgan fingerprint density at radius 3 is 2.07 bits per heavy atom. The van der Waals surface area contributed by atoms with Crippen LogP contribution in [-0.4, -0.2) is 6.00 Å². The first-order chi connectivity index (χ1) is 6.50. The highest BCUT2D eigenvalue weighted by Crippen LogP contribution is 2.54. The first-order valence-electron chi connectivity index (χ1n) is 5.57. The second-order valence-corrected chi connectivity index (χ2v) is 13.2. The molecule has 0 aromatic rings. The van der Waals surface area contributed by atoms with Gasteiger partial charge in [0, 0.05) is 5.54 Å². The molecule has 0 bridgehead atoms. The van der Waals surface area contributed by atoms with Crippen LogP contribution in [0.25, 0.3) is 0 Å². The zero-order valence-electron chi connectivity index (χ0n) is 8.90. The van der Waals surface area contributed by atoms with Gasteiger partial charge in [0.05, 0.1) is 0 Å². The van der Waals surface area contributed by atoms with Gasteiger partial charge in [0.1, 0.15) is 0 Å². The zero-order chi connectivity index (χ0) is 10.8. The van der Waals surface area contributed by atoms with Crippen LogP contribution in [0.1, 0.15) is 46.0 Å². The van der Waals surface area contributed by atoms with Gasteiger partial charge in [-0.1, -0.05) is 46.0 Å². The summed E-state index contributed by atoms with van der Waals surface area (Å²) in [6.45, 7) is 4.44. The van der Waals surface area contributed by atoms with E-state index in [-0.39, 0.29) is 0 Å². The molecule has 0 radical (unpaired) electrons. The van der Waals surface area contributed by atoms with E-state index in [9.17, 15) is 0 Å². The van der Waals surface area contributed by atoms with Gasteiger partial charge in [-0.3, -0.25) is 0 Å². The second-order valence-electron chi connectivity index (χ2n) is 4.36. The standard InChI is InChI=1S/C10H19Cl3Si/c1-3-5-9-7-6-8(4-2)10(9)14(11,12)13/h8-10H,3-7H2,1-2H3. The van der Waals surface area contributed by atoms with Gasteiger partial charge in [-0.15, -0.1) is 33.2 Å². The molecule has 3 atom stereocenters. The van der Waals surface area contributed by atoms with E-state index in [1.165, 1.54) is 32.1 Å². The topological polar surface area (TPSA) is 0 Å². The molecule has 1 aliphatic rings. The lowest BCUT2D eigenvalue weighted by Gasteiger charge is -2.28. The SMILES string of the molecule is CCCC1CCC(CC)C1[Si](Cl)(Cl)Cl. The van der Waals surface area contributed by atoms with Gasteiger partial charge in [-0.25, -0.2) is 0 Å². The van der Waals surface area contributed by atoms with Crippen molar-refractivity contribution in [3.05, 3.63) is 0 Å². The summed E-state index contributed by atoms with van der Waals surface area (Å²) < 4.78 is 0. The van der Waals surface area contributed by atoms with E-state index >= 15 is 0 Å². The molecule has 3 unspecified atom stereocenters. The van der Waals surface area contributed by atoms with Gasteiger partial charge >= 0.3 is 6.00 Å². The molecule has 0 aromatic heterocycles. The van der Waals surface area contributed by atoms with E-state index in [1.807, 2.05) is 0 Å². The molecule has 0 heterocycles. The molecule has 0 spiro atoms. The maximum atomic E-state index is 6.21. The van der Waals surface area contributed by atoms with Crippen LogP contribution < -0.4 is 0 Å². The van der Waals surface area contributed by atoms with Gasteiger partial charge < -0.3 is 0 Å². The summed E-state index contributed by atoms with van der Waals surface area (Å²) >= 11 is 18.6. The molecule has 1 aliphatic carbocycles. The second kappa shape index (κ2) is 5.43. The Balaban J connectivity index is 2.70. The van der Waals surface area contributed by atoms with Crippen LogP contribution in [0.15, 0.2) is 0 Å². The summed E-state index contributed by atoms with van der Waals surface area (Å²) in [5.41, 5.74) is 0.414. The van der Waals surface area contributed by atoms with E-state index in [0.717, 1.165) is 0 Å². The molecular formula is C10H19Cl3Si. The van der Waals surface area contributed by atoms with E-state index in [4.69, 9.17) is 33.2 Å². The van der Waals surface area contributed by atoms with Crippen molar-refractivity contribution >= 4 is 39.2 Å². The number of hydrogen-bond acceptors (Lipinski definition) is 0. The summed E-state index contributed by atoms with van der Waals surface area (Å²) in [4.78, 5) is 0. The molecular weight excluding hydrogens is 255 g/mol. The Bertz CT molecular complexity index is 179. The predicted octanol–water partition coefficient (Wildman–Crippen LogP) is 5.25. The Morgan fingerprint density at radius 1 is 1.07 bits per heavy atom. The monoisotopic (exact) mass is 272 g/mol. The summed E-state index contributed by atoms with van der Waals surface area (Å²) in [5, 5.41) is 0. The van der Waals surface area contributed by atoms with Crippen LogP contribution in [0, 0.1) is 11.8 Å². The van der Waals surface area contributed by atoms with Crippen molar-refractivity contribution in [2.45, 2.75) is 51.5 Å². The third-order valence-electron chi connectivity index (χ3n) is 3.49. The van der Waals surface area contributed by atoms with E-state index in [0.29, 0.717) is 17.4 Å². The average molecular weight is 274 g/mol. The van der Waals surface area contributed by atoms with E-state index in [1.54, 1.807) is 0 Å². The Hall–Kier alpha value is 1.09. The van der Waals surface area contributed by atoms with Crippen molar-refractivity contribution in [1.29, 1.82) is 0 Å².